The second-order valence-electron chi connectivity index (χ2n) is 5.95. The number of nitrogens with zero attached hydrogens (tertiary/aromatic N) is 2. The smallest absolute Gasteiger partial charge is 0.228 e. The first kappa shape index (κ1) is 17.2. The van der Waals surface area contributed by atoms with Crippen molar-refractivity contribution in [3.8, 4) is 17.5 Å². The molecule has 0 unspecified atom stereocenters. The van der Waals surface area contributed by atoms with Gasteiger partial charge in [0, 0.05) is 12.0 Å². The van der Waals surface area contributed by atoms with E-state index < -0.39 is 11.6 Å². The summed E-state index contributed by atoms with van der Waals surface area (Å²) in [6, 6.07) is 8.40. The molecule has 1 N–H and O–H groups in total. The molecule has 0 fully saturated rings. The topological polar surface area (TPSA) is 78.9 Å². The quantitative estimate of drug-likeness (QED) is 0.821. The number of aromatic nitrogens is 1. The van der Waals surface area contributed by atoms with Gasteiger partial charge in [-0.25, -0.2) is 4.98 Å². The summed E-state index contributed by atoms with van der Waals surface area (Å²) in [5.41, 5.74) is 1.01. The summed E-state index contributed by atoms with van der Waals surface area (Å²) >= 11 is 6.17. The van der Waals surface area contributed by atoms with Crippen LogP contribution in [-0.4, -0.2) is 22.9 Å². The van der Waals surface area contributed by atoms with Crippen LogP contribution in [0, 0.1) is 18.3 Å². The van der Waals surface area contributed by atoms with Crippen LogP contribution in [0.4, 0.5) is 0 Å². The third-order valence-corrected chi connectivity index (χ3v) is 3.76. The third kappa shape index (κ3) is 4.19. The molecule has 1 aromatic heterocycles. The summed E-state index contributed by atoms with van der Waals surface area (Å²) in [6.45, 7) is 5.65. The second kappa shape index (κ2) is 6.95. The zero-order valence-electron chi connectivity index (χ0n) is 13.3. The lowest BCUT2D eigenvalue weighted by atomic mass is 9.96. The Morgan fingerprint density at radius 3 is 2.78 bits per heavy atom. The molecule has 0 radical (unpaired) electrons. The first-order valence-electron chi connectivity index (χ1n) is 7.20. The predicted octanol–water partition coefficient (Wildman–Crippen LogP) is 3.31. The van der Waals surface area contributed by atoms with E-state index in [-0.39, 0.29) is 0 Å². The fraction of sp³-hybridized carbons (Fsp3) is 0.353. The van der Waals surface area contributed by atoms with Crippen LogP contribution in [0.2, 0.25) is 5.02 Å². The summed E-state index contributed by atoms with van der Waals surface area (Å²) in [4.78, 5) is 15.3. The van der Waals surface area contributed by atoms with E-state index in [0.717, 1.165) is 11.3 Å². The first-order valence-corrected chi connectivity index (χ1v) is 7.58. The maximum atomic E-state index is 10.8. The van der Waals surface area contributed by atoms with Crippen LogP contribution in [0.15, 0.2) is 28.7 Å². The van der Waals surface area contributed by atoms with E-state index in [1.807, 2.05) is 45.0 Å². The highest BCUT2D eigenvalue weighted by molar-refractivity contribution is 6.33. The number of carbonyl (C=O) groups is 1. The number of aryl methyl sites for hydroxylation is 1. The van der Waals surface area contributed by atoms with Crippen molar-refractivity contribution in [2.75, 3.05) is 0 Å². The van der Waals surface area contributed by atoms with Gasteiger partial charge < -0.3 is 9.21 Å². The largest absolute Gasteiger partial charge is 0.441 e. The van der Waals surface area contributed by atoms with Crippen LogP contribution < -0.4 is 5.32 Å². The molecular formula is C17H18ClN3O2. The molecule has 0 aliphatic rings. The number of halogens is 1. The summed E-state index contributed by atoms with van der Waals surface area (Å²) in [6.07, 6.45) is 1.10. The van der Waals surface area contributed by atoms with Crippen LogP contribution in [0.3, 0.4) is 0 Å². The standard InChI is InChI=1S/C17H18ClN3O2/c1-11-15(8-17(2,3)21-12(9-19)10-22)20-16(23-11)13-6-4-5-7-14(13)18/h4-7,10,12,21H,8H2,1-3H3/t12-/m0/s1. The summed E-state index contributed by atoms with van der Waals surface area (Å²) in [5.74, 6) is 1.15. The van der Waals surface area contributed by atoms with Crippen LogP contribution in [-0.2, 0) is 11.2 Å². The van der Waals surface area contributed by atoms with E-state index in [4.69, 9.17) is 21.3 Å². The molecule has 0 aliphatic carbocycles. The number of nitrogens with one attached hydrogen (secondary N) is 1. The van der Waals surface area contributed by atoms with Crippen molar-refractivity contribution in [3.05, 3.63) is 40.7 Å². The molecule has 0 bridgehead atoms. The average Bonchev–Trinajstić information content (AvgIpc) is 2.85. The van der Waals surface area contributed by atoms with Crippen molar-refractivity contribution in [2.45, 2.75) is 38.8 Å². The molecule has 2 aromatic rings. The Morgan fingerprint density at radius 1 is 1.48 bits per heavy atom. The lowest BCUT2D eigenvalue weighted by Crippen LogP contribution is -2.47. The van der Waals surface area contributed by atoms with Crippen molar-refractivity contribution >= 4 is 17.9 Å². The fourth-order valence-corrected chi connectivity index (χ4v) is 2.55. The Kier molecular flexibility index (Phi) is 5.19. The van der Waals surface area contributed by atoms with Crippen LogP contribution in [0.1, 0.15) is 25.3 Å². The van der Waals surface area contributed by atoms with Crippen LogP contribution in [0.5, 0.6) is 0 Å². The highest BCUT2D eigenvalue weighted by Gasteiger charge is 2.25. The molecule has 5 nitrogen and oxygen atoms in total. The van der Waals surface area contributed by atoms with Gasteiger partial charge in [0.25, 0.3) is 0 Å². The molecular weight excluding hydrogens is 314 g/mol. The molecule has 0 spiro atoms. The number of benzene rings is 1. The van der Waals surface area contributed by atoms with Gasteiger partial charge in [-0.05, 0) is 32.9 Å². The van der Waals surface area contributed by atoms with E-state index in [0.29, 0.717) is 29.4 Å². The molecule has 0 aliphatic heterocycles. The van der Waals surface area contributed by atoms with Gasteiger partial charge in [-0.2, -0.15) is 5.26 Å². The van der Waals surface area contributed by atoms with Gasteiger partial charge in [0.2, 0.25) is 5.89 Å². The number of aldehydes is 1. The molecule has 0 saturated carbocycles. The van der Waals surface area contributed by atoms with Gasteiger partial charge in [-0.3, -0.25) is 5.32 Å². The first-order chi connectivity index (χ1) is 10.9. The molecule has 1 heterocycles. The van der Waals surface area contributed by atoms with Gasteiger partial charge >= 0.3 is 0 Å². The van der Waals surface area contributed by atoms with Gasteiger partial charge in [0.05, 0.1) is 22.3 Å². The molecule has 23 heavy (non-hydrogen) atoms. The van der Waals surface area contributed by atoms with Gasteiger partial charge in [0.1, 0.15) is 5.76 Å². The zero-order chi connectivity index (χ0) is 17.0. The number of carbonyl (C=O) groups excluding carboxylic acids is 1. The minimum Gasteiger partial charge on any atom is -0.441 e. The van der Waals surface area contributed by atoms with Gasteiger partial charge in [-0.1, -0.05) is 23.7 Å². The van der Waals surface area contributed by atoms with Crippen molar-refractivity contribution in [1.29, 1.82) is 5.26 Å². The van der Waals surface area contributed by atoms with Crippen molar-refractivity contribution in [1.82, 2.24) is 10.3 Å². The highest BCUT2D eigenvalue weighted by Crippen LogP contribution is 2.29. The molecule has 6 heteroatoms. The number of rotatable bonds is 6. The SMILES string of the molecule is Cc1oc(-c2ccccc2Cl)nc1CC(C)(C)N[C@@H](C#N)C=O. The molecule has 2 rings (SSSR count). The van der Waals surface area contributed by atoms with Crippen LogP contribution >= 0.6 is 11.6 Å². The minimum absolute atomic E-state index is 0.464. The molecule has 120 valence electrons. The van der Waals surface area contributed by atoms with E-state index >= 15 is 0 Å². The Morgan fingerprint density at radius 2 is 2.17 bits per heavy atom. The van der Waals surface area contributed by atoms with Crippen molar-refractivity contribution in [2.24, 2.45) is 0 Å². The Labute approximate surface area is 140 Å². The van der Waals surface area contributed by atoms with Gasteiger partial charge in [0.15, 0.2) is 12.3 Å². The van der Waals surface area contributed by atoms with E-state index in [1.54, 1.807) is 6.07 Å². The monoisotopic (exact) mass is 331 g/mol. The lowest BCUT2D eigenvalue weighted by molar-refractivity contribution is -0.108. The maximum Gasteiger partial charge on any atom is 0.228 e. The molecule has 1 aromatic carbocycles. The molecule has 0 amide bonds. The normalized spacial score (nSPS) is 12.7. The Balaban J connectivity index is 2.24. The minimum atomic E-state index is -0.847. The fourth-order valence-electron chi connectivity index (χ4n) is 2.33. The van der Waals surface area contributed by atoms with Crippen LogP contribution in [0.25, 0.3) is 11.5 Å². The van der Waals surface area contributed by atoms with E-state index in [1.165, 1.54) is 0 Å². The summed E-state index contributed by atoms with van der Waals surface area (Å²) < 4.78 is 5.73. The van der Waals surface area contributed by atoms with Gasteiger partial charge in [-0.15, -0.1) is 0 Å². The number of hydrogen-bond donors (Lipinski definition) is 1. The lowest BCUT2D eigenvalue weighted by Gasteiger charge is -2.26. The Hall–Kier alpha value is -2.16. The Bertz CT molecular complexity index is 747. The highest BCUT2D eigenvalue weighted by atomic mass is 35.5. The number of hydrogen-bond acceptors (Lipinski definition) is 5. The van der Waals surface area contributed by atoms with E-state index in [9.17, 15) is 4.79 Å². The predicted molar refractivity (Wildman–Crippen MR) is 88.1 cm³/mol. The van der Waals surface area contributed by atoms with Crippen molar-refractivity contribution < 1.29 is 9.21 Å². The summed E-state index contributed by atoms with van der Waals surface area (Å²) in [7, 11) is 0. The number of nitriles is 1. The van der Waals surface area contributed by atoms with E-state index in [2.05, 4.69) is 10.3 Å². The third-order valence-electron chi connectivity index (χ3n) is 3.43. The second-order valence-corrected chi connectivity index (χ2v) is 6.36. The van der Waals surface area contributed by atoms with Crippen molar-refractivity contribution in [3.63, 3.8) is 0 Å². The summed E-state index contributed by atoms with van der Waals surface area (Å²) in [5, 5.41) is 12.5. The molecule has 0 saturated heterocycles. The zero-order valence-corrected chi connectivity index (χ0v) is 14.0. The molecule has 1 atom stereocenters. The maximum absolute atomic E-state index is 10.8. The average molecular weight is 332 g/mol. The number of oxazole rings is 1.